The molecule has 0 spiro atoms. The van der Waals surface area contributed by atoms with Crippen molar-refractivity contribution in [1.82, 2.24) is 23.5 Å². The van der Waals surface area contributed by atoms with Gasteiger partial charge in [0.15, 0.2) is 5.78 Å². The zero-order chi connectivity index (χ0) is 62.5. The molecule has 0 aromatic heterocycles. The van der Waals surface area contributed by atoms with E-state index < -0.39 is 115 Å². The standard InChI is InChI=1S/C64H88N8O11S3/c1-3-51(37-52-21-9-4-10-22-52)44-71(84(78,79)35-33-66)47-60(74)42-58(39-54-25-13-6-14-26-54)64(77)68-59(40-55-27-15-7-16-28-55)46-72(85(80,81)36-34-67)48-63(76)69-61(31-19-20-32-65)62(75)41-57(38-53-23-11-5-12-24-53)45-70(43-50(2)73)86(82,83)49-56-29-17-8-18-30-56/h4-18,21-30,51,57-59,61H,3,19-20,31-49,65-67H2,1-2H3,(H,68,77)(H,69,76)/t51-,57+,58+,59-,61-/m0/s1. The van der Waals surface area contributed by atoms with E-state index in [-0.39, 0.29) is 88.7 Å². The number of unbranched alkanes of at least 4 members (excludes halogenated alkanes) is 1. The normalized spacial score (nSPS) is 13.9. The van der Waals surface area contributed by atoms with Gasteiger partial charge in [-0.3, -0.25) is 24.0 Å². The van der Waals surface area contributed by atoms with Crippen molar-refractivity contribution in [2.75, 3.05) is 70.4 Å². The van der Waals surface area contributed by atoms with E-state index in [9.17, 15) is 49.2 Å². The van der Waals surface area contributed by atoms with Crippen LogP contribution in [0.4, 0.5) is 0 Å². The summed E-state index contributed by atoms with van der Waals surface area (Å²) in [5.41, 5.74) is 21.3. The Morgan fingerprint density at radius 3 is 1.40 bits per heavy atom. The molecular weight excluding hydrogens is 1150 g/mol. The Labute approximate surface area is 510 Å². The minimum absolute atomic E-state index is 0.0508. The molecule has 468 valence electrons. The van der Waals surface area contributed by atoms with Gasteiger partial charge in [0.05, 0.1) is 42.9 Å². The van der Waals surface area contributed by atoms with Gasteiger partial charge in [0.25, 0.3) is 0 Å². The number of ketones is 3. The van der Waals surface area contributed by atoms with Crippen LogP contribution in [0.3, 0.4) is 0 Å². The largest absolute Gasteiger partial charge is 0.351 e. The van der Waals surface area contributed by atoms with Gasteiger partial charge in [-0.15, -0.1) is 0 Å². The molecule has 0 aliphatic carbocycles. The number of hydrogen-bond donors (Lipinski definition) is 5. The van der Waals surface area contributed by atoms with Crippen molar-refractivity contribution in [1.29, 1.82) is 0 Å². The average Bonchev–Trinajstić information content (AvgIpc) is 3.26. The smallest absolute Gasteiger partial charge is 0.235 e. The first kappa shape index (κ1) is 70.4. The molecule has 0 saturated carbocycles. The van der Waals surface area contributed by atoms with E-state index >= 15 is 0 Å². The molecule has 86 heavy (non-hydrogen) atoms. The van der Waals surface area contributed by atoms with Gasteiger partial charge in [-0.2, -0.15) is 12.9 Å². The van der Waals surface area contributed by atoms with Crippen molar-refractivity contribution < 1.29 is 49.2 Å². The van der Waals surface area contributed by atoms with Crippen LogP contribution in [0.25, 0.3) is 0 Å². The van der Waals surface area contributed by atoms with Crippen LogP contribution >= 0.6 is 0 Å². The summed E-state index contributed by atoms with van der Waals surface area (Å²) in [6.07, 6.45) is 2.00. The quantitative estimate of drug-likeness (QED) is 0.0327. The third-order valence-corrected chi connectivity index (χ3v) is 20.3. The maximum atomic E-state index is 14.9. The van der Waals surface area contributed by atoms with Gasteiger partial charge in [-0.05, 0) is 98.1 Å². The molecule has 0 fully saturated rings. The highest BCUT2D eigenvalue weighted by atomic mass is 32.2. The summed E-state index contributed by atoms with van der Waals surface area (Å²) >= 11 is 0. The Morgan fingerprint density at radius 2 is 0.919 bits per heavy atom. The first-order chi connectivity index (χ1) is 41.1. The number of Topliss-reactive ketones (excluding diaryl/α,β-unsaturated/α-hetero) is 3. The van der Waals surface area contributed by atoms with E-state index in [2.05, 4.69) is 10.6 Å². The number of nitrogens with two attached hydrogens (primary N) is 3. The fourth-order valence-electron chi connectivity index (χ4n) is 10.5. The molecule has 0 bridgehead atoms. The topological polar surface area (TPSA) is 300 Å². The number of benzene rings is 5. The van der Waals surface area contributed by atoms with Crippen LogP contribution in [0.5, 0.6) is 0 Å². The minimum Gasteiger partial charge on any atom is -0.351 e. The second kappa shape index (κ2) is 36.1. The number of rotatable bonds is 42. The highest BCUT2D eigenvalue weighted by Gasteiger charge is 2.35. The van der Waals surface area contributed by atoms with Crippen molar-refractivity contribution in [3.63, 3.8) is 0 Å². The molecule has 0 aliphatic heterocycles. The predicted molar refractivity (Wildman–Crippen MR) is 338 cm³/mol. The molecule has 0 aliphatic rings. The fraction of sp³-hybridized carbons (Fsp3) is 0.453. The molecule has 5 aromatic rings. The summed E-state index contributed by atoms with van der Waals surface area (Å²) in [7, 11) is -12.5. The molecule has 0 heterocycles. The second-order valence-electron chi connectivity index (χ2n) is 22.2. The first-order valence-electron chi connectivity index (χ1n) is 29.5. The van der Waals surface area contributed by atoms with E-state index in [1.165, 1.54) is 11.2 Å². The molecule has 0 unspecified atom stereocenters. The summed E-state index contributed by atoms with van der Waals surface area (Å²) in [5, 5.41) is 5.82. The summed E-state index contributed by atoms with van der Waals surface area (Å²) in [6, 6.07) is 43.1. The van der Waals surface area contributed by atoms with E-state index in [1.807, 2.05) is 73.7 Å². The van der Waals surface area contributed by atoms with Crippen LogP contribution in [-0.2, 0) is 85.5 Å². The Kier molecular flexibility index (Phi) is 29.5. The molecule has 2 amide bonds. The molecule has 5 atom stereocenters. The van der Waals surface area contributed by atoms with E-state index in [1.54, 1.807) is 84.9 Å². The van der Waals surface area contributed by atoms with E-state index in [4.69, 9.17) is 17.2 Å². The highest BCUT2D eigenvalue weighted by molar-refractivity contribution is 7.89. The van der Waals surface area contributed by atoms with Crippen molar-refractivity contribution in [2.45, 2.75) is 95.9 Å². The molecule has 0 radical (unpaired) electrons. The average molecular weight is 1240 g/mol. The van der Waals surface area contributed by atoms with Crippen LogP contribution in [0.15, 0.2) is 152 Å². The number of nitrogens with one attached hydrogen (secondary N) is 2. The molecule has 22 heteroatoms. The van der Waals surface area contributed by atoms with Gasteiger partial charge in [0.1, 0.15) is 11.6 Å². The predicted octanol–water partition coefficient (Wildman–Crippen LogP) is 4.83. The molecule has 19 nitrogen and oxygen atoms in total. The Balaban J connectivity index is 1.43. The molecule has 8 N–H and O–H groups in total. The zero-order valence-electron chi connectivity index (χ0n) is 49.7. The Hall–Kier alpha value is -6.34. The van der Waals surface area contributed by atoms with Crippen LogP contribution in [0.1, 0.15) is 80.2 Å². The van der Waals surface area contributed by atoms with Crippen molar-refractivity contribution >= 4 is 59.2 Å². The summed E-state index contributed by atoms with van der Waals surface area (Å²) < 4.78 is 87.5. The van der Waals surface area contributed by atoms with E-state index in [0.717, 1.165) is 19.7 Å². The molecule has 5 rings (SSSR count). The molecule has 0 saturated heterocycles. The number of carbonyl (C=O) groups is 5. The van der Waals surface area contributed by atoms with Crippen molar-refractivity contribution in [3.8, 4) is 0 Å². The van der Waals surface area contributed by atoms with Crippen LogP contribution in [0.2, 0.25) is 0 Å². The van der Waals surface area contributed by atoms with Crippen LogP contribution in [-0.4, -0.2) is 150 Å². The van der Waals surface area contributed by atoms with Crippen molar-refractivity contribution in [2.24, 2.45) is 35.0 Å². The van der Waals surface area contributed by atoms with Crippen LogP contribution in [0, 0.1) is 17.8 Å². The van der Waals surface area contributed by atoms with Gasteiger partial charge in [-0.1, -0.05) is 165 Å². The summed E-state index contributed by atoms with van der Waals surface area (Å²) in [5.74, 6) is -6.00. The maximum Gasteiger partial charge on any atom is 0.235 e. The van der Waals surface area contributed by atoms with Gasteiger partial charge in [0, 0.05) is 57.5 Å². The van der Waals surface area contributed by atoms with Gasteiger partial charge in [0.2, 0.25) is 41.9 Å². The third kappa shape index (κ3) is 24.8. The lowest BCUT2D eigenvalue weighted by atomic mass is 9.90. The lowest BCUT2D eigenvalue weighted by Crippen LogP contribution is -2.53. The fourth-order valence-corrected chi connectivity index (χ4v) is 14.7. The maximum absolute atomic E-state index is 14.9. The number of carbonyl (C=O) groups excluding carboxylic acids is 5. The third-order valence-electron chi connectivity index (χ3n) is 14.9. The lowest BCUT2D eigenvalue weighted by Gasteiger charge is -2.30. The Bertz CT molecular complexity index is 3220. The summed E-state index contributed by atoms with van der Waals surface area (Å²) in [6.45, 7) is 0.758. The molecular formula is C64H88N8O11S3. The van der Waals surface area contributed by atoms with Gasteiger partial charge >= 0.3 is 0 Å². The lowest BCUT2D eigenvalue weighted by molar-refractivity contribution is -0.130. The highest BCUT2D eigenvalue weighted by Crippen LogP contribution is 2.23. The van der Waals surface area contributed by atoms with Crippen molar-refractivity contribution in [3.05, 3.63) is 179 Å². The SMILES string of the molecule is CC[C@@H](Cc1ccccc1)CN(CC(=O)C[C@@H](Cc1ccccc1)C(=O)N[C@@H](Cc1ccccc1)CN(CC(=O)N[C@@H](CCCCN)C(=O)C[C@@H](Cc1ccccc1)CN(CC(C)=O)S(=O)(=O)Cc1ccccc1)S(=O)(=O)CCN)S(=O)(=O)CCN. The molecule has 5 aromatic carbocycles. The Morgan fingerprint density at radius 1 is 0.477 bits per heavy atom. The van der Waals surface area contributed by atoms with Crippen LogP contribution < -0.4 is 27.8 Å². The number of hydrogen-bond acceptors (Lipinski definition) is 14. The van der Waals surface area contributed by atoms with E-state index in [0.29, 0.717) is 42.4 Å². The monoisotopic (exact) mass is 1240 g/mol. The first-order valence-corrected chi connectivity index (χ1v) is 34.3. The number of sulfonamides is 3. The zero-order valence-corrected chi connectivity index (χ0v) is 52.1. The second-order valence-corrected chi connectivity index (χ2v) is 28.3. The summed E-state index contributed by atoms with van der Waals surface area (Å²) in [4.78, 5) is 71.1. The number of amides is 2. The minimum atomic E-state index is -4.35. The van der Waals surface area contributed by atoms with Gasteiger partial charge in [-0.25, -0.2) is 25.3 Å². The van der Waals surface area contributed by atoms with Gasteiger partial charge < -0.3 is 27.8 Å². The number of nitrogens with zero attached hydrogens (tertiary/aromatic N) is 3.